The molecule has 0 aliphatic carbocycles. The monoisotopic (exact) mass is 209 g/mol. The number of pyridine rings is 1. The van der Waals surface area contributed by atoms with E-state index in [1.165, 1.54) is 19.2 Å². The van der Waals surface area contributed by atoms with Crippen molar-refractivity contribution in [2.24, 2.45) is 0 Å². The van der Waals surface area contributed by atoms with Gasteiger partial charge >= 0.3 is 0 Å². The third-order valence-electron chi connectivity index (χ3n) is 2.03. The average molecular weight is 209 g/mol. The van der Waals surface area contributed by atoms with Crippen LogP contribution in [0.15, 0.2) is 24.4 Å². The lowest BCUT2D eigenvalue weighted by atomic mass is 10.1. The molecule has 2 rings (SSSR count). The number of hydrogen-bond donors (Lipinski definition) is 0. The van der Waals surface area contributed by atoms with Crippen molar-refractivity contribution in [1.82, 2.24) is 4.98 Å². The lowest BCUT2D eigenvalue weighted by Crippen LogP contribution is -1.91. The summed E-state index contributed by atoms with van der Waals surface area (Å²) in [5.74, 6) is -1.08. The number of fused-ring (bicyclic) bond motifs is 1. The first-order valence-corrected chi connectivity index (χ1v) is 4.89. The topological polar surface area (TPSA) is 12.9 Å². The van der Waals surface area contributed by atoms with Crippen LogP contribution < -0.4 is 0 Å². The highest BCUT2D eigenvalue weighted by Gasteiger charge is 2.09. The molecule has 0 bridgehead atoms. The Bertz CT molecular complexity index is 466. The molecule has 0 aliphatic rings. The summed E-state index contributed by atoms with van der Waals surface area (Å²) in [5, 5.41) is 0.362. The van der Waals surface area contributed by atoms with Crippen molar-refractivity contribution in [3.8, 4) is 0 Å². The molecule has 1 heterocycles. The third-order valence-corrected chi connectivity index (χ3v) is 2.03. The van der Waals surface area contributed by atoms with E-state index in [1.54, 1.807) is 12.1 Å². The molecule has 0 saturated carbocycles. The second-order valence-electron chi connectivity index (χ2n) is 2.87. The number of hydrogen-bond acceptors (Lipinski definition) is 1. The number of rotatable bonds is 0. The van der Waals surface area contributed by atoms with Gasteiger partial charge in [-0.25, -0.2) is 8.78 Å². The Kier molecular flexibility index (Phi) is 3.72. The zero-order chi connectivity index (χ0) is 11.4. The van der Waals surface area contributed by atoms with Gasteiger partial charge in [0, 0.05) is 23.2 Å². The van der Waals surface area contributed by atoms with E-state index in [9.17, 15) is 8.78 Å². The van der Waals surface area contributed by atoms with Gasteiger partial charge in [0.1, 0.15) is 11.6 Å². The van der Waals surface area contributed by atoms with Gasteiger partial charge in [0.05, 0.1) is 5.52 Å². The predicted molar refractivity (Wildman–Crippen MR) is 57.7 cm³/mol. The largest absolute Gasteiger partial charge is 0.256 e. The van der Waals surface area contributed by atoms with Crippen LogP contribution in [0.3, 0.4) is 0 Å². The summed E-state index contributed by atoms with van der Waals surface area (Å²) in [7, 11) is 0. The number of halogens is 2. The maximum Gasteiger partial charge on any atom is 0.138 e. The van der Waals surface area contributed by atoms with Crippen molar-refractivity contribution in [3.05, 3.63) is 41.6 Å². The normalized spacial score (nSPS) is 9.67. The maximum absolute atomic E-state index is 13.4. The molecule has 1 aromatic carbocycles. The Labute approximate surface area is 87.8 Å². The minimum absolute atomic E-state index is 0.0421. The molecular weight excluding hydrogens is 196 g/mol. The minimum atomic E-state index is -0.552. The fourth-order valence-electron chi connectivity index (χ4n) is 1.25. The van der Waals surface area contributed by atoms with Gasteiger partial charge in [-0.1, -0.05) is 13.8 Å². The molecule has 0 unspecified atom stereocenters. The predicted octanol–water partition coefficient (Wildman–Crippen LogP) is 3.85. The molecule has 0 fully saturated rings. The molecule has 1 nitrogen and oxygen atoms in total. The van der Waals surface area contributed by atoms with Gasteiger partial charge < -0.3 is 0 Å². The fraction of sp³-hybridized carbons (Fsp3) is 0.250. The summed E-state index contributed by atoms with van der Waals surface area (Å²) in [6, 6.07) is 4.46. The number of benzene rings is 1. The molecule has 0 saturated heterocycles. The van der Waals surface area contributed by atoms with Crippen LogP contribution in [0.4, 0.5) is 8.78 Å². The van der Waals surface area contributed by atoms with E-state index < -0.39 is 11.6 Å². The minimum Gasteiger partial charge on any atom is -0.256 e. The van der Waals surface area contributed by atoms with Gasteiger partial charge in [-0.15, -0.1) is 0 Å². The number of nitrogens with zero attached hydrogens (tertiary/aromatic N) is 1. The van der Waals surface area contributed by atoms with Gasteiger partial charge in [0.15, 0.2) is 0 Å². The molecule has 0 atom stereocenters. The lowest BCUT2D eigenvalue weighted by Gasteiger charge is -2.02. The highest BCUT2D eigenvalue weighted by molar-refractivity contribution is 5.79. The highest BCUT2D eigenvalue weighted by Crippen LogP contribution is 2.21. The molecular formula is C12H13F2N. The summed E-state index contributed by atoms with van der Waals surface area (Å²) in [6.07, 6.45) is 1.51. The van der Waals surface area contributed by atoms with E-state index >= 15 is 0 Å². The van der Waals surface area contributed by atoms with E-state index in [1.807, 2.05) is 13.8 Å². The van der Waals surface area contributed by atoms with Crippen LogP contribution in [0.5, 0.6) is 0 Å². The Morgan fingerprint density at radius 2 is 1.87 bits per heavy atom. The van der Waals surface area contributed by atoms with Crippen molar-refractivity contribution < 1.29 is 8.78 Å². The fourth-order valence-corrected chi connectivity index (χ4v) is 1.25. The zero-order valence-electron chi connectivity index (χ0n) is 9.01. The van der Waals surface area contributed by atoms with Crippen LogP contribution in [0.25, 0.3) is 10.9 Å². The summed E-state index contributed by atoms with van der Waals surface area (Å²) >= 11 is 0. The standard InChI is InChI=1S/C10H7F2N.C2H6/c1-6-8(11)5-9-7(10(6)12)3-2-4-13-9;1-2/h2-5H,1H3;1-2H3. The average Bonchev–Trinajstić information content (AvgIpc) is 2.29. The van der Waals surface area contributed by atoms with Crippen molar-refractivity contribution in [3.63, 3.8) is 0 Å². The molecule has 2 aromatic rings. The molecule has 3 heteroatoms. The van der Waals surface area contributed by atoms with Crippen LogP contribution in [-0.4, -0.2) is 4.98 Å². The Morgan fingerprint density at radius 3 is 2.53 bits per heavy atom. The first-order valence-electron chi connectivity index (χ1n) is 4.89. The molecule has 0 amide bonds. The van der Waals surface area contributed by atoms with E-state index in [-0.39, 0.29) is 5.56 Å². The molecule has 0 aliphatic heterocycles. The SMILES string of the molecule is CC.Cc1c(F)cc2ncccc2c1F. The summed E-state index contributed by atoms with van der Waals surface area (Å²) in [5.41, 5.74) is 0.392. The highest BCUT2D eigenvalue weighted by atomic mass is 19.1. The molecule has 0 N–H and O–H groups in total. The third kappa shape index (κ3) is 2.12. The van der Waals surface area contributed by atoms with Crippen molar-refractivity contribution in [2.45, 2.75) is 20.8 Å². The van der Waals surface area contributed by atoms with Crippen LogP contribution in [-0.2, 0) is 0 Å². The van der Waals surface area contributed by atoms with E-state index in [2.05, 4.69) is 4.98 Å². The Balaban J connectivity index is 0.000000531. The van der Waals surface area contributed by atoms with Crippen molar-refractivity contribution >= 4 is 10.9 Å². The van der Waals surface area contributed by atoms with Gasteiger partial charge in [-0.3, -0.25) is 4.98 Å². The lowest BCUT2D eigenvalue weighted by molar-refractivity contribution is 0.576. The van der Waals surface area contributed by atoms with E-state index in [4.69, 9.17) is 0 Å². The second-order valence-corrected chi connectivity index (χ2v) is 2.87. The van der Waals surface area contributed by atoms with Gasteiger partial charge in [0.25, 0.3) is 0 Å². The Hall–Kier alpha value is -1.51. The Morgan fingerprint density at radius 1 is 1.20 bits per heavy atom. The smallest absolute Gasteiger partial charge is 0.138 e. The second kappa shape index (κ2) is 4.82. The van der Waals surface area contributed by atoms with Crippen LogP contribution in [0.1, 0.15) is 19.4 Å². The maximum atomic E-state index is 13.4. The van der Waals surface area contributed by atoms with E-state index in [0.717, 1.165) is 0 Å². The molecule has 1 aromatic heterocycles. The molecule has 0 spiro atoms. The first-order chi connectivity index (χ1) is 7.20. The summed E-state index contributed by atoms with van der Waals surface area (Å²) in [4.78, 5) is 3.86. The zero-order valence-corrected chi connectivity index (χ0v) is 9.01. The molecule has 80 valence electrons. The molecule has 0 radical (unpaired) electrons. The number of aromatic nitrogens is 1. The van der Waals surface area contributed by atoms with Crippen LogP contribution in [0, 0.1) is 18.6 Å². The quantitative estimate of drug-likeness (QED) is 0.642. The van der Waals surface area contributed by atoms with Crippen molar-refractivity contribution in [2.75, 3.05) is 0 Å². The van der Waals surface area contributed by atoms with Gasteiger partial charge in [0.2, 0.25) is 0 Å². The summed E-state index contributed by atoms with van der Waals surface area (Å²) < 4.78 is 26.4. The van der Waals surface area contributed by atoms with Crippen LogP contribution in [0.2, 0.25) is 0 Å². The molecule has 15 heavy (non-hydrogen) atoms. The van der Waals surface area contributed by atoms with Gasteiger partial charge in [-0.2, -0.15) is 0 Å². The van der Waals surface area contributed by atoms with Gasteiger partial charge in [-0.05, 0) is 19.1 Å². The first kappa shape index (κ1) is 11.6. The van der Waals surface area contributed by atoms with E-state index in [0.29, 0.717) is 10.9 Å². The summed E-state index contributed by atoms with van der Waals surface area (Å²) in [6.45, 7) is 5.41. The van der Waals surface area contributed by atoms with Crippen LogP contribution >= 0.6 is 0 Å². The van der Waals surface area contributed by atoms with Crippen molar-refractivity contribution in [1.29, 1.82) is 0 Å².